The Kier molecular flexibility index (Phi) is 17.5. The summed E-state index contributed by atoms with van der Waals surface area (Å²) in [6.07, 6.45) is 15.9. The monoisotopic (exact) mass is 779 g/mol. The number of carboxylic acid groups (broad SMARTS) is 1. The van der Waals surface area contributed by atoms with Crippen molar-refractivity contribution >= 4 is 62.5 Å². The lowest BCUT2D eigenvalue weighted by atomic mass is 10.0. The van der Waals surface area contributed by atoms with Gasteiger partial charge in [-0.25, -0.2) is 10.3 Å². The van der Waals surface area contributed by atoms with Crippen molar-refractivity contribution in [2.45, 2.75) is 110 Å². The number of para-hydroxylation sites is 2. The van der Waals surface area contributed by atoms with Gasteiger partial charge in [0, 0.05) is 73.8 Å². The highest BCUT2D eigenvalue weighted by Gasteiger charge is 2.20. The van der Waals surface area contributed by atoms with Gasteiger partial charge in [-0.1, -0.05) is 62.1 Å². The molecule has 0 bridgehead atoms. The molecule has 2 aliphatic rings. The van der Waals surface area contributed by atoms with Crippen LogP contribution in [0.5, 0.6) is 0 Å². The summed E-state index contributed by atoms with van der Waals surface area (Å²) in [6.45, 7) is 5.27. The Morgan fingerprint density at radius 1 is 0.709 bits per heavy atom. The van der Waals surface area contributed by atoms with Gasteiger partial charge < -0.3 is 29.6 Å². The number of hydrogen-bond donors (Lipinski definition) is 5. The summed E-state index contributed by atoms with van der Waals surface area (Å²) in [4.78, 5) is 55.9. The van der Waals surface area contributed by atoms with Crippen LogP contribution in [0, 0.1) is 0 Å². The summed E-state index contributed by atoms with van der Waals surface area (Å²) in [5.74, 6) is -1.11. The minimum absolute atomic E-state index is 0.0108. The Labute approximate surface area is 326 Å². The molecule has 4 aromatic rings. The third kappa shape index (κ3) is 12.9. The molecule has 0 radical (unpaired) electrons. The predicted molar refractivity (Wildman–Crippen MR) is 212 cm³/mol. The number of nitrogens with zero attached hydrogens (tertiary/aromatic N) is 2. The number of hydroxylamine groups is 1. The van der Waals surface area contributed by atoms with E-state index in [-0.39, 0.29) is 24.1 Å². The van der Waals surface area contributed by atoms with Crippen LogP contribution in [0.15, 0.2) is 48.8 Å². The Morgan fingerprint density at radius 2 is 1.18 bits per heavy atom. The number of rotatable bonds is 17. The molecule has 4 heterocycles. The average Bonchev–Trinajstić information content (AvgIpc) is 3.75. The van der Waals surface area contributed by atoms with Crippen molar-refractivity contribution < 1.29 is 39.0 Å². The van der Waals surface area contributed by atoms with Crippen LogP contribution in [0.4, 0.5) is 4.79 Å². The maximum Gasteiger partial charge on any atom is 0.403 e. The van der Waals surface area contributed by atoms with Crippen molar-refractivity contribution in [2.24, 2.45) is 0 Å². The van der Waals surface area contributed by atoms with Gasteiger partial charge in [-0.05, 0) is 69.4 Å². The van der Waals surface area contributed by atoms with Crippen molar-refractivity contribution in [3.63, 3.8) is 0 Å². The number of aliphatic carboxylic acids is 1. The van der Waals surface area contributed by atoms with E-state index in [1.54, 1.807) is 12.4 Å². The van der Waals surface area contributed by atoms with Gasteiger partial charge in [0.25, 0.3) is 11.8 Å². The maximum absolute atomic E-state index is 12.5. The fraction of sp³-hybridized carbons (Fsp3) is 0.488. The lowest BCUT2D eigenvalue weighted by Crippen LogP contribution is -2.24. The Hall–Kier alpha value is -4.88. The number of halogens is 1. The highest BCUT2D eigenvalue weighted by atomic mass is 35.5. The molecule has 0 spiro atoms. The van der Waals surface area contributed by atoms with Crippen LogP contribution in [-0.4, -0.2) is 68.3 Å². The lowest BCUT2D eigenvalue weighted by Gasteiger charge is -2.14. The molecule has 6 rings (SSSR count). The Balaban J connectivity index is 0.000000214. The van der Waals surface area contributed by atoms with E-state index >= 15 is 0 Å². The standard InChI is InChI=1S/C19H25N3O3.C19H24N2O3.C3H5ClO2/c23-17(21-25)10-3-1-2-4-11-20-19(24)16-13-22-12-6-8-14-7-5-9-15(16)18(14)22;22-17(23)10-3-1-2-4-11-20-19(24)16-13-21-12-6-8-14-7-5-9-15(16)18(14)21;1-2-6-3(4)5/h5,7,9,13,25H,1-4,6,8,10-12H2,(H,20,24)(H,21,23);5,7,9,13H,1-4,6,8,10-12H2,(H,20,24)(H,22,23);2H2,1H3. The molecule has 2 aromatic heterocycles. The van der Waals surface area contributed by atoms with Crippen LogP contribution < -0.4 is 16.1 Å². The SMILES string of the molecule is CCOC(=O)Cl.O=C(CCCCCCNC(=O)c1cn2c3c(cccc13)CCC2)NO.O=C(O)CCCCCCNC(=O)c1cn2c3c(cccc13)CCC2. The van der Waals surface area contributed by atoms with E-state index in [4.69, 9.17) is 21.9 Å². The molecule has 5 N–H and O–H groups in total. The van der Waals surface area contributed by atoms with Crippen LogP contribution in [0.2, 0.25) is 0 Å². The van der Waals surface area contributed by atoms with Crippen LogP contribution in [0.3, 0.4) is 0 Å². The second-order valence-corrected chi connectivity index (χ2v) is 14.1. The first kappa shape index (κ1) is 42.9. The number of nitrogens with one attached hydrogen (secondary N) is 3. The number of amides is 3. The minimum Gasteiger partial charge on any atom is -0.481 e. The van der Waals surface area contributed by atoms with Crippen molar-refractivity contribution in [2.75, 3.05) is 19.7 Å². The largest absolute Gasteiger partial charge is 0.481 e. The molecule has 55 heavy (non-hydrogen) atoms. The van der Waals surface area contributed by atoms with Gasteiger partial charge in [0.05, 0.1) is 28.8 Å². The van der Waals surface area contributed by atoms with Gasteiger partial charge in [-0.3, -0.25) is 24.4 Å². The molecule has 2 aliphatic heterocycles. The first-order chi connectivity index (χ1) is 26.6. The second kappa shape index (κ2) is 22.5. The molecule has 0 atom stereocenters. The fourth-order valence-electron chi connectivity index (χ4n) is 7.16. The van der Waals surface area contributed by atoms with E-state index in [0.717, 1.165) is 106 Å². The van der Waals surface area contributed by atoms with E-state index in [1.165, 1.54) is 22.2 Å². The van der Waals surface area contributed by atoms with Crippen LogP contribution in [-0.2, 0) is 40.3 Å². The van der Waals surface area contributed by atoms with Gasteiger partial charge >= 0.3 is 11.4 Å². The lowest BCUT2D eigenvalue weighted by molar-refractivity contribution is -0.137. The second-order valence-electron chi connectivity index (χ2n) is 13.7. The van der Waals surface area contributed by atoms with Crippen LogP contribution >= 0.6 is 11.6 Å². The fourth-order valence-corrected chi connectivity index (χ4v) is 7.26. The number of carboxylic acids is 1. The van der Waals surface area contributed by atoms with Crippen molar-refractivity contribution in [3.8, 4) is 0 Å². The number of carbonyl (C=O) groups is 5. The van der Waals surface area contributed by atoms with E-state index in [0.29, 0.717) is 32.5 Å². The number of carbonyl (C=O) groups excluding carboxylic acids is 4. The van der Waals surface area contributed by atoms with Crippen molar-refractivity contribution in [1.29, 1.82) is 0 Å². The smallest absolute Gasteiger partial charge is 0.403 e. The Morgan fingerprint density at radius 3 is 1.60 bits per heavy atom. The molecule has 13 nitrogen and oxygen atoms in total. The topological polar surface area (TPSA) is 181 Å². The third-order valence-electron chi connectivity index (χ3n) is 9.74. The molecule has 3 amide bonds. The van der Waals surface area contributed by atoms with Gasteiger partial charge in [-0.15, -0.1) is 0 Å². The molecule has 2 aromatic carbocycles. The zero-order chi connectivity index (χ0) is 39.6. The van der Waals surface area contributed by atoms with Crippen LogP contribution in [0.25, 0.3) is 21.8 Å². The maximum atomic E-state index is 12.5. The quantitative estimate of drug-likeness (QED) is 0.0316. The summed E-state index contributed by atoms with van der Waals surface area (Å²) in [5, 5.41) is 25.1. The number of aryl methyl sites for hydroxylation is 4. The molecular weight excluding hydrogens is 726 g/mol. The normalized spacial score (nSPS) is 12.5. The molecule has 14 heteroatoms. The molecular formula is C41H54ClN5O8. The van der Waals surface area contributed by atoms with Gasteiger partial charge in [0.15, 0.2) is 0 Å². The van der Waals surface area contributed by atoms with Crippen molar-refractivity contribution in [1.82, 2.24) is 25.2 Å². The van der Waals surface area contributed by atoms with E-state index in [2.05, 4.69) is 36.6 Å². The zero-order valence-electron chi connectivity index (χ0n) is 31.7. The number of aromatic nitrogens is 2. The summed E-state index contributed by atoms with van der Waals surface area (Å²) in [6, 6.07) is 12.4. The van der Waals surface area contributed by atoms with Gasteiger partial charge in [0.1, 0.15) is 0 Å². The first-order valence-corrected chi connectivity index (χ1v) is 19.8. The number of ether oxygens (including phenoxy) is 1. The molecule has 0 unspecified atom stereocenters. The summed E-state index contributed by atoms with van der Waals surface area (Å²) in [7, 11) is 0. The van der Waals surface area contributed by atoms with E-state index in [9.17, 15) is 24.0 Å². The van der Waals surface area contributed by atoms with E-state index in [1.807, 2.05) is 36.7 Å². The summed E-state index contributed by atoms with van der Waals surface area (Å²) < 4.78 is 8.58. The number of benzene rings is 2. The summed E-state index contributed by atoms with van der Waals surface area (Å²) in [5.41, 5.74) is 7.50. The molecule has 0 saturated heterocycles. The molecule has 0 aliphatic carbocycles. The average molecular weight is 780 g/mol. The highest BCUT2D eigenvalue weighted by Crippen LogP contribution is 2.30. The molecule has 0 fully saturated rings. The predicted octanol–water partition coefficient (Wildman–Crippen LogP) is 7.51. The van der Waals surface area contributed by atoms with Crippen LogP contribution in [0.1, 0.15) is 116 Å². The van der Waals surface area contributed by atoms with E-state index < -0.39 is 11.4 Å². The third-order valence-corrected chi connectivity index (χ3v) is 9.85. The van der Waals surface area contributed by atoms with Crippen molar-refractivity contribution in [3.05, 3.63) is 71.0 Å². The van der Waals surface area contributed by atoms with Gasteiger partial charge in [0.2, 0.25) is 5.91 Å². The Bertz CT molecular complexity index is 1920. The van der Waals surface area contributed by atoms with Gasteiger partial charge in [-0.2, -0.15) is 0 Å². The minimum atomic E-state index is -0.739. The zero-order valence-corrected chi connectivity index (χ0v) is 32.4. The highest BCUT2D eigenvalue weighted by molar-refractivity contribution is 6.61. The number of unbranched alkanes of at least 4 members (excludes halogenated alkanes) is 6. The molecule has 0 saturated carbocycles. The summed E-state index contributed by atoms with van der Waals surface area (Å²) >= 11 is 4.72. The molecule has 298 valence electrons. The first-order valence-electron chi connectivity index (χ1n) is 19.4. The number of hydrogen-bond acceptors (Lipinski definition) is 7.